The van der Waals surface area contributed by atoms with Gasteiger partial charge >= 0.3 is 0 Å². The SMILES string of the molecule is c1ccc2c(c1)ccc1c2oc2cccc(-c3ccc(N(c4ccc(-c5cccc6oc7ccccc7c56)cc4)c4cccc5oc6ccccc6c45)cc3)c21. The number of anilines is 3. The van der Waals surface area contributed by atoms with Gasteiger partial charge in [-0.1, -0.05) is 121 Å². The van der Waals surface area contributed by atoms with Crippen LogP contribution in [0.15, 0.2) is 201 Å². The summed E-state index contributed by atoms with van der Waals surface area (Å²) in [6.45, 7) is 0. The van der Waals surface area contributed by atoms with Gasteiger partial charge in [0, 0.05) is 43.7 Å². The number of nitrogens with zero attached hydrogens (tertiary/aromatic N) is 1. The fourth-order valence-electron chi connectivity index (χ4n) is 8.76. The summed E-state index contributed by atoms with van der Waals surface area (Å²) in [6.07, 6.45) is 0. The molecule has 0 fully saturated rings. The standard InChI is InChI=1S/C52H31NO3/c1-2-11-39-32(10-1)26-31-42-50-38(15-8-20-47(50)56-52(39)42)34-24-29-36(30-25-34)53(43-16-9-21-48-51(43)41-13-4-6-18-45(41)55-48)35-27-22-33(23-28-35)37-14-7-19-46-49(37)40-12-3-5-17-44(40)54-46/h1-31H. The van der Waals surface area contributed by atoms with Crippen LogP contribution in [-0.4, -0.2) is 0 Å². The lowest BCUT2D eigenvalue weighted by atomic mass is 9.97. The summed E-state index contributed by atoms with van der Waals surface area (Å²) in [7, 11) is 0. The molecule has 12 rings (SSSR count). The van der Waals surface area contributed by atoms with Gasteiger partial charge in [-0.3, -0.25) is 0 Å². The normalized spacial score (nSPS) is 11.9. The lowest BCUT2D eigenvalue weighted by molar-refractivity contribution is 0.668. The third kappa shape index (κ3) is 4.60. The van der Waals surface area contributed by atoms with E-state index in [4.69, 9.17) is 13.3 Å². The Kier molecular flexibility index (Phi) is 6.60. The summed E-state index contributed by atoms with van der Waals surface area (Å²) in [6, 6.07) is 66.1. The highest BCUT2D eigenvalue weighted by atomic mass is 16.3. The van der Waals surface area contributed by atoms with E-state index >= 15 is 0 Å². The molecule has 0 N–H and O–H groups in total. The average Bonchev–Trinajstić information content (AvgIpc) is 3.96. The lowest BCUT2D eigenvalue weighted by Crippen LogP contribution is -2.10. The van der Waals surface area contributed by atoms with Crippen LogP contribution in [-0.2, 0) is 0 Å². The van der Waals surface area contributed by atoms with Crippen LogP contribution in [0, 0.1) is 0 Å². The van der Waals surface area contributed by atoms with Crippen LogP contribution < -0.4 is 4.90 Å². The Balaban J connectivity index is 1.02. The topological polar surface area (TPSA) is 42.7 Å². The monoisotopic (exact) mass is 717 g/mol. The van der Waals surface area contributed by atoms with Crippen molar-refractivity contribution in [2.45, 2.75) is 0 Å². The molecule has 12 aromatic rings. The summed E-state index contributed by atoms with van der Waals surface area (Å²) >= 11 is 0. The van der Waals surface area contributed by atoms with Crippen LogP contribution in [0.2, 0.25) is 0 Å². The second-order valence-electron chi connectivity index (χ2n) is 14.4. The van der Waals surface area contributed by atoms with Crippen LogP contribution in [0.5, 0.6) is 0 Å². The van der Waals surface area contributed by atoms with Crippen molar-refractivity contribution < 1.29 is 13.3 Å². The molecule has 0 atom stereocenters. The molecule has 0 unspecified atom stereocenters. The van der Waals surface area contributed by atoms with E-state index < -0.39 is 0 Å². The second kappa shape index (κ2) is 12.0. The Morgan fingerprint density at radius 2 is 0.786 bits per heavy atom. The third-order valence-electron chi connectivity index (χ3n) is 11.3. The molecule has 0 amide bonds. The van der Waals surface area contributed by atoms with Gasteiger partial charge in [0.2, 0.25) is 0 Å². The molecule has 4 heteroatoms. The number of rotatable bonds is 5. The van der Waals surface area contributed by atoms with Crippen molar-refractivity contribution in [3.63, 3.8) is 0 Å². The van der Waals surface area contributed by atoms with E-state index in [1.807, 2.05) is 30.3 Å². The van der Waals surface area contributed by atoms with E-state index in [-0.39, 0.29) is 0 Å². The zero-order valence-corrected chi connectivity index (χ0v) is 30.1. The minimum atomic E-state index is 0.853. The zero-order valence-electron chi connectivity index (χ0n) is 30.1. The Morgan fingerprint density at radius 1 is 0.304 bits per heavy atom. The van der Waals surface area contributed by atoms with Crippen molar-refractivity contribution in [3.05, 3.63) is 188 Å². The van der Waals surface area contributed by atoms with E-state index in [9.17, 15) is 0 Å². The fraction of sp³-hybridized carbons (Fsp3) is 0. The number of benzene rings is 9. The molecular weight excluding hydrogens is 687 g/mol. The van der Waals surface area contributed by atoms with Gasteiger partial charge in [0.05, 0.1) is 11.1 Å². The molecular formula is C52H31NO3. The number of para-hydroxylation sites is 2. The zero-order chi connectivity index (χ0) is 36.7. The van der Waals surface area contributed by atoms with Gasteiger partial charge in [0.1, 0.15) is 33.5 Å². The van der Waals surface area contributed by atoms with Crippen molar-refractivity contribution in [2.75, 3.05) is 4.90 Å². The van der Waals surface area contributed by atoms with Crippen LogP contribution in [0.1, 0.15) is 0 Å². The summed E-state index contributed by atoms with van der Waals surface area (Å²) < 4.78 is 19.2. The molecule has 3 aromatic heterocycles. The van der Waals surface area contributed by atoms with E-state index in [1.165, 1.54) is 5.39 Å². The lowest BCUT2D eigenvalue weighted by Gasteiger charge is -2.26. The van der Waals surface area contributed by atoms with Crippen molar-refractivity contribution in [2.24, 2.45) is 0 Å². The summed E-state index contributed by atoms with van der Waals surface area (Å²) in [5.41, 5.74) is 13.0. The minimum Gasteiger partial charge on any atom is -0.456 e. The Bertz CT molecular complexity index is 3470. The summed E-state index contributed by atoms with van der Waals surface area (Å²) in [5.74, 6) is 0. The number of hydrogen-bond acceptors (Lipinski definition) is 4. The van der Waals surface area contributed by atoms with E-state index in [1.54, 1.807) is 0 Å². The van der Waals surface area contributed by atoms with E-state index in [0.29, 0.717) is 0 Å². The maximum absolute atomic E-state index is 6.53. The maximum Gasteiger partial charge on any atom is 0.143 e. The molecule has 0 aliphatic carbocycles. The first-order valence-electron chi connectivity index (χ1n) is 18.9. The first-order chi connectivity index (χ1) is 27.8. The highest BCUT2D eigenvalue weighted by molar-refractivity contribution is 6.19. The molecule has 0 aliphatic rings. The number of fused-ring (bicyclic) bond motifs is 11. The van der Waals surface area contributed by atoms with Crippen LogP contribution in [0.4, 0.5) is 17.1 Å². The van der Waals surface area contributed by atoms with Gasteiger partial charge in [0.15, 0.2) is 0 Å². The Hall–Kier alpha value is -7.56. The van der Waals surface area contributed by atoms with Crippen molar-refractivity contribution in [1.82, 2.24) is 0 Å². The first-order valence-corrected chi connectivity index (χ1v) is 18.9. The predicted octanol–water partition coefficient (Wildman–Crippen LogP) is 15.3. The van der Waals surface area contributed by atoms with Gasteiger partial charge in [-0.15, -0.1) is 0 Å². The second-order valence-corrected chi connectivity index (χ2v) is 14.4. The van der Waals surface area contributed by atoms with Crippen molar-refractivity contribution in [1.29, 1.82) is 0 Å². The number of furan rings is 3. The van der Waals surface area contributed by atoms with Gasteiger partial charge in [-0.25, -0.2) is 0 Å². The fourth-order valence-corrected chi connectivity index (χ4v) is 8.76. The Morgan fingerprint density at radius 3 is 1.43 bits per heavy atom. The molecule has 56 heavy (non-hydrogen) atoms. The van der Waals surface area contributed by atoms with Crippen LogP contribution in [0.3, 0.4) is 0 Å². The molecule has 262 valence electrons. The molecule has 0 saturated heterocycles. The van der Waals surface area contributed by atoms with E-state index in [0.717, 1.165) is 111 Å². The van der Waals surface area contributed by atoms with Crippen LogP contribution in [0.25, 0.3) is 98.8 Å². The van der Waals surface area contributed by atoms with Gasteiger partial charge in [0.25, 0.3) is 0 Å². The smallest absolute Gasteiger partial charge is 0.143 e. The maximum atomic E-state index is 6.53. The first kappa shape index (κ1) is 30.9. The van der Waals surface area contributed by atoms with Crippen molar-refractivity contribution >= 4 is 93.7 Å². The van der Waals surface area contributed by atoms with Gasteiger partial charge in [-0.2, -0.15) is 0 Å². The quantitative estimate of drug-likeness (QED) is 0.178. The molecule has 0 aliphatic heterocycles. The van der Waals surface area contributed by atoms with Crippen molar-refractivity contribution in [3.8, 4) is 22.3 Å². The molecule has 0 radical (unpaired) electrons. The van der Waals surface area contributed by atoms with Gasteiger partial charge < -0.3 is 18.2 Å². The van der Waals surface area contributed by atoms with Gasteiger partial charge in [-0.05, 0) is 94.4 Å². The van der Waals surface area contributed by atoms with Crippen LogP contribution >= 0.6 is 0 Å². The number of hydrogen-bond donors (Lipinski definition) is 0. The highest BCUT2D eigenvalue weighted by Gasteiger charge is 2.21. The highest BCUT2D eigenvalue weighted by Crippen LogP contribution is 2.45. The predicted molar refractivity (Wildman–Crippen MR) is 231 cm³/mol. The summed E-state index contributed by atoms with van der Waals surface area (Å²) in [5, 5.41) is 8.96. The Labute approximate surface area is 321 Å². The minimum absolute atomic E-state index is 0.853. The molecule has 9 aromatic carbocycles. The molecule has 0 bridgehead atoms. The molecule has 0 saturated carbocycles. The average molecular weight is 718 g/mol. The molecule has 0 spiro atoms. The van der Waals surface area contributed by atoms with E-state index in [2.05, 4.69) is 163 Å². The third-order valence-corrected chi connectivity index (χ3v) is 11.3. The molecule has 4 nitrogen and oxygen atoms in total. The summed E-state index contributed by atoms with van der Waals surface area (Å²) in [4.78, 5) is 2.34. The molecule has 3 heterocycles. The largest absolute Gasteiger partial charge is 0.456 e.